The van der Waals surface area contributed by atoms with Crippen LogP contribution in [0.5, 0.6) is 5.75 Å². The third kappa shape index (κ3) is 3.16. The highest BCUT2D eigenvalue weighted by Crippen LogP contribution is 2.42. The lowest BCUT2D eigenvalue weighted by Gasteiger charge is -2.08. The van der Waals surface area contributed by atoms with E-state index < -0.39 is 0 Å². The van der Waals surface area contributed by atoms with Crippen LogP contribution in [0.2, 0.25) is 0 Å². The number of Topliss-reactive ketones (excluding diaryl/α,β-unsaturated/α-hetero) is 1. The molecule has 0 unspecified atom stereocenters. The van der Waals surface area contributed by atoms with Crippen molar-refractivity contribution in [1.82, 2.24) is 4.98 Å². The number of hydrogen-bond acceptors (Lipinski definition) is 4. The largest absolute Gasteiger partial charge is 0.486 e. The Labute approximate surface area is 129 Å². The number of carbonyl (C=O) groups excluding carboxylic acids is 1. The monoisotopic (exact) mass is 301 g/mol. The lowest BCUT2D eigenvalue weighted by atomic mass is 10.1. The molecule has 1 aromatic heterocycles. The van der Waals surface area contributed by atoms with E-state index in [1.165, 1.54) is 16.9 Å². The van der Waals surface area contributed by atoms with Crippen LogP contribution in [0, 0.1) is 13.8 Å². The van der Waals surface area contributed by atoms with Crippen LogP contribution in [-0.2, 0) is 6.61 Å². The van der Waals surface area contributed by atoms with E-state index in [0.29, 0.717) is 12.5 Å². The summed E-state index contributed by atoms with van der Waals surface area (Å²) in [7, 11) is 0. The van der Waals surface area contributed by atoms with Gasteiger partial charge in [-0.25, -0.2) is 4.98 Å². The summed E-state index contributed by atoms with van der Waals surface area (Å²) in [5.41, 5.74) is 3.29. The molecule has 1 aromatic carbocycles. The van der Waals surface area contributed by atoms with Gasteiger partial charge in [-0.2, -0.15) is 0 Å². The molecule has 0 aliphatic heterocycles. The second-order valence-electron chi connectivity index (χ2n) is 5.71. The average molecular weight is 301 g/mol. The van der Waals surface area contributed by atoms with E-state index in [-0.39, 0.29) is 5.78 Å². The summed E-state index contributed by atoms with van der Waals surface area (Å²) >= 11 is 1.48. The van der Waals surface area contributed by atoms with E-state index >= 15 is 0 Å². The second-order valence-corrected chi connectivity index (χ2v) is 6.79. The van der Waals surface area contributed by atoms with Crippen molar-refractivity contribution in [2.24, 2.45) is 0 Å². The van der Waals surface area contributed by atoms with Crippen molar-refractivity contribution < 1.29 is 9.53 Å². The van der Waals surface area contributed by atoms with Crippen molar-refractivity contribution >= 4 is 17.1 Å². The predicted molar refractivity (Wildman–Crippen MR) is 84.3 cm³/mol. The standard InChI is InChI=1S/C17H19NO2S/c1-10-4-5-11(2)14(8-10)20-9-15-18-16(13-6-7-13)17(21-15)12(3)19/h4-5,8,13H,6-7,9H2,1-3H3. The van der Waals surface area contributed by atoms with Gasteiger partial charge in [0.05, 0.1) is 10.6 Å². The van der Waals surface area contributed by atoms with E-state index in [1.54, 1.807) is 6.92 Å². The fourth-order valence-electron chi connectivity index (χ4n) is 2.33. The highest BCUT2D eigenvalue weighted by atomic mass is 32.1. The van der Waals surface area contributed by atoms with Crippen molar-refractivity contribution in [3.8, 4) is 5.75 Å². The summed E-state index contributed by atoms with van der Waals surface area (Å²) in [5, 5.41) is 0.892. The normalized spacial score (nSPS) is 14.2. The first-order valence-electron chi connectivity index (χ1n) is 7.25. The highest BCUT2D eigenvalue weighted by molar-refractivity contribution is 7.13. The Morgan fingerprint density at radius 1 is 1.38 bits per heavy atom. The lowest BCUT2D eigenvalue weighted by molar-refractivity contribution is 0.102. The molecule has 1 saturated carbocycles. The van der Waals surface area contributed by atoms with Gasteiger partial charge in [-0.3, -0.25) is 4.79 Å². The summed E-state index contributed by atoms with van der Waals surface area (Å²) in [4.78, 5) is 17.2. The molecule has 0 atom stereocenters. The first-order valence-corrected chi connectivity index (χ1v) is 8.07. The first-order chi connectivity index (χ1) is 10.0. The Morgan fingerprint density at radius 3 is 2.81 bits per heavy atom. The molecule has 3 nitrogen and oxygen atoms in total. The molecule has 1 heterocycles. The zero-order valence-electron chi connectivity index (χ0n) is 12.6. The predicted octanol–water partition coefficient (Wildman–Crippen LogP) is 4.42. The van der Waals surface area contributed by atoms with Gasteiger partial charge in [-0.05, 0) is 43.9 Å². The van der Waals surface area contributed by atoms with Crippen molar-refractivity contribution in [2.45, 2.75) is 46.1 Å². The van der Waals surface area contributed by atoms with E-state index in [2.05, 4.69) is 24.0 Å². The number of carbonyl (C=O) groups is 1. The Balaban J connectivity index is 1.77. The molecule has 0 spiro atoms. The van der Waals surface area contributed by atoms with Crippen molar-refractivity contribution in [3.63, 3.8) is 0 Å². The number of aromatic nitrogens is 1. The van der Waals surface area contributed by atoms with Gasteiger partial charge in [0.25, 0.3) is 0 Å². The van der Waals surface area contributed by atoms with Gasteiger partial charge in [0.15, 0.2) is 5.78 Å². The molecular weight excluding hydrogens is 282 g/mol. The third-order valence-electron chi connectivity index (χ3n) is 3.68. The maximum Gasteiger partial charge on any atom is 0.171 e. The van der Waals surface area contributed by atoms with Crippen molar-refractivity contribution in [1.29, 1.82) is 0 Å². The van der Waals surface area contributed by atoms with E-state index in [4.69, 9.17) is 4.74 Å². The maximum absolute atomic E-state index is 11.7. The van der Waals surface area contributed by atoms with Crippen molar-refractivity contribution in [3.05, 3.63) is 44.9 Å². The van der Waals surface area contributed by atoms with Crippen LogP contribution in [-0.4, -0.2) is 10.8 Å². The van der Waals surface area contributed by atoms with Gasteiger partial charge < -0.3 is 4.74 Å². The smallest absolute Gasteiger partial charge is 0.171 e. The number of ketones is 1. The summed E-state index contributed by atoms with van der Waals surface area (Å²) in [6, 6.07) is 6.17. The molecular formula is C17H19NO2S. The Kier molecular flexibility index (Phi) is 3.81. The van der Waals surface area contributed by atoms with Crippen LogP contribution in [0.15, 0.2) is 18.2 Å². The Hall–Kier alpha value is -1.68. The summed E-state index contributed by atoms with van der Waals surface area (Å²) in [6.45, 7) is 6.14. The molecule has 1 aliphatic carbocycles. The first kappa shape index (κ1) is 14.3. The minimum absolute atomic E-state index is 0.118. The number of ether oxygens (including phenoxy) is 1. The van der Waals surface area contributed by atoms with Crippen LogP contribution in [0.25, 0.3) is 0 Å². The lowest BCUT2D eigenvalue weighted by Crippen LogP contribution is -1.97. The molecule has 0 N–H and O–H groups in total. The number of rotatable bonds is 5. The summed E-state index contributed by atoms with van der Waals surface area (Å²) < 4.78 is 5.89. The Morgan fingerprint density at radius 2 is 2.14 bits per heavy atom. The molecule has 110 valence electrons. The van der Waals surface area contributed by atoms with Gasteiger partial charge in [0.2, 0.25) is 0 Å². The molecule has 0 bridgehead atoms. The highest BCUT2D eigenvalue weighted by Gasteiger charge is 2.31. The van der Waals surface area contributed by atoms with Crippen molar-refractivity contribution in [2.75, 3.05) is 0 Å². The van der Waals surface area contributed by atoms with E-state index in [9.17, 15) is 4.79 Å². The number of benzene rings is 1. The summed E-state index contributed by atoms with van der Waals surface area (Å²) in [5.74, 6) is 1.50. The molecule has 0 radical (unpaired) electrons. The third-order valence-corrected chi connectivity index (χ3v) is 4.82. The molecule has 21 heavy (non-hydrogen) atoms. The molecule has 3 rings (SSSR count). The van der Waals surface area contributed by atoms with Crippen LogP contribution >= 0.6 is 11.3 Å². The SMILES string of the molecule is CC(=O)c1sc(COc2cc(C)ccc2C)nc1C1CC1. The number of thiazole rings is 1. The number of aryl methyl sites for hydroxylation is 2. The summed E-state index contributed by atoms with van der Waals surface area (Å²) in [6.07, 6.45) is 2.31. The topological polar surface area (TPSA) is 39.2 Å². The molecule has 1 fully saturated rings. The fourth-order valence-corrected chi connectivity index (χ4v) is 3.29. The molecule has 4 heteroatoms. The fraction of sp³-hybridized carbons (Fsp3) is 0.412. The molecule has 2 aromatic rings. The minimum Gasteiger partial charge on any atom is -0.486 e. The van der Waals surface area contributed by atoms with Gasteiger partial charge in [-0.1, -0.05) is 12.1 Å². The average Bonchev–Trinajstić information content (AvgIpc) is 3.19. The van der Waals surface area contributed by atoms with Gasteiger partial charge in [-0.15, -0.1) is 11.3 Å². The molecule has 0 amide bonds. The Bertz CT molecular complexity index is 686. The number of nitrogens with zero attached hydrogens (tertiary/aromatic N) is 1. The van der Waals surface area contributed by atoms with Gasteiger partial charge in [0, 0.05) is 12.8 Å². The van der Waals surface area contributed by atoms with Gasteiger partial charge in [0.1, 0.15) is 17.4 Å². The van der Waals surface area contributed by atoms with Gasteiger partial charge >= 0.3 is 0 Å². The minimum atomic E-state index is 0.118. The van der Waals surface area contributed by atoms with Crippen LogP contribution in [0.4, 0.5) is 0 Å². The zero-order valence-corrected chi connectivity index (χ0v) is 13.4. The quantitative estimate of drug-likeness (QED) is 0.767. The number of hydrogen-bond donors (Lipinski definition) is 0. The van der Waals surface area contributed by atoms with E-state index in [1.807, 2.05) is 13.0 Å². The van der Waals surface area contributed by atoms with Crippen LogP contribution in [0.1, 0.15) is 57.2 Å². The van der Waals surface area contributed by atoms with Crippen LogP contribution < -0.4 is 4.74 Å². The second kappa shape index (κ2) is 5.60. The van der Waals surface area contributed by atoms with Crippen LogP contribution in [0.3, 0.4) is 0 Å². The maximum atomic E-state index is 11.7. The molecule has 0 saturated heterocycles. The zero-order chi connectivity index (χ0) is 15.0. The van der Waals surface area contributed by atoms with E-state index in [0.717, 1.165) is 39.7 Å². The molecule has 1 aliphatic rings.